The van der Waals surface area contributed by atoms with E-state index in [2.05, 4.69) is 29.4 Å². The molecular weight excluding hydrogens is 448 g/mol. The molecule has 0 aliphatic rings. The van der Waals surface area contributed by atoms with Crippen molar-refractivity contribution in [1.82, 2.24) is 14.8 Å². The first kappa shape index (κ1) is 24.3. The van der Waals surface area contributed by atoms with Crippen molar-refractivity contribution in [2.75, 3.05) is 25.3 Å². The summed E-state index contributed by atoms with van der Waals surface area (Å²) in [6.07, 6.45) is -0.482. The van der Waals surface area contributed by atoms with Gasteiger partial charge in [-0.2, -0.15) is 0 Å². The third-order valence-corrected chi connectivity index (χ3v) is 6.09. The van der Waals surface area contributed by atoms with Gasteiger partial charge in [-0.15, -0.1) is 10.2 Å². The van der Waals surface area contributed by atoms with E-state index in [1.165, 1.54) is 17.3 Å². The molecule has 1 aromatic heterocycles. The second kappa shape index (κ2) is 11.5. The zero-order chi connectivity index (χ0) is 23.1. The molecule has 1 heterocycles. The molecular formula is C23H27ClN4O3S. The Morgan fingerprint density at radius 1 is 1.06 bits per heavy atom. The van der Waals surface area contributed by atoms with Crippen LogP contribution in [0.25, 0.3) is 11.4 Å². The quantitative estimate of drug-likeness (QED) is 0.326. The summed E-state index contributed by atoms with van der Waals surface area (Å²) >= 11 is 7.32. The van der Waals surface area contributed by atoms with Crippen molar-refractivity contribution in [2.24, 2.45) is 0 Å². The molecule has 0 aliphatic carbocycles. The van der Waals surface area contributed by atoms with E-state index in [1.807, 2.05) is 41.0 Å². The summed E-state index contributed by atoms with van der Waals surface area (Å²) < 4.78 is 12.6. The van der Waals surface area contributed by atoms with Gasteiger partial charge in [-0.25, -0.2) is 0 Å². The van der Waals surface area contributed by atoms with Gasteiger partial charge in [-0.05, 0) is 47.9 Å². The molecule has 0 spiro atoms. The number of halogens is 1. The zero-order valence-corrected chi connectivity index (χ0v) is 20.1. The topological polar surface area (TPSA) is 78.3 Å². The van der Waals surface area contributed by atoms with Crippen molar-refractivity contribution in [3.05, 3.63) is 59.1 Å². The second-order valence-electron chi connectivity index (χ2n) is 7.44. The fourth-order valence-electron chi connectivity index (χ4n) is 3.05. The van der Waals surface area contributed by atoms with Crippen molar-refractivity contribution < 1.29 is 14.3 Å². The minimum atomic E-state index is -0.482. The SMILES string of the molecule is COC(Cn1c(SCC(=O)Nc2ccc(C(C)C)cc2)nnc1-c1ccc(Cl)cc1)OC. The Bertz CT molecular complexity index is 1020. The monoisotopic (exact) mass is 474 g/mol. The lowest BCUT2D eigenvalue weighted by Crippen LogP contribution is -2.22. The van der Waals surface area contributed by atoms with Gasteiger partial charge in [0.15, 0.2) is 17.3 Å². The van der Waals surface area contributed by atoms with Crippen LogP contribution in [0.3, 0.4) is 0 Å². The predicted molar refractivity (Wildman–Crippen MR) is 128 cm³/mol. The predicted octanol–water partition coefficient (Wildman–Crippen LogP) is 5.07. The van der Waals surface area contributed by atoms with Crippen molar-refractivity contribution in [1.29, 1.82) is 0 Å². The molecule has 0 bridgehead atoms. The molecule has 3 rings (SSSR count). The van der Waals surface area contributed by atoms with Crippen LogP contribution in [-0.2, 0) is 20.8 Å². The number of amides is 1. The smallest absolute Gasteiger partial charge is 0.234 e. The maximum absolute atomic E-state index is 12.5. The van der Waals surface area contributed by atoms with E-state index in [0.717, 1.165) is 11.3 Å². The Labute approximate surface area is 197 Å². The number of hydrogen-bond acceptors (Lipinski definition) is 6. The van der Waals surface area contributed by atoms with Crippen molar-refractivity contribution in [2.45, 2.75) is 37.8 Å². The molecule has 0 radical (unpaired) electrons. The lowest BCUT2D eigenvalue weighted by atomic mass is 10.0. The number of nitrogens with zero attached hydrogens (tertiary/aromatic N) is 3. The van der Waals surface area contributed by atoms with Gasteiger partial charge in [-0.1, -0.05) is 49.3 Å². The fourth-order valence-corrected chi connectivity index (χ4v) is 3.92. The molecule has 0 saturated carbocycles. The van der Waals surface area contributed by atoms with E-state index in [-0.39, 0.29) is 11.7 Å². The van der Waals surface area contributed by atoms with Crippen molar-refractivity contribution in [3.63, 3.8) is 0 Å². The highest BCUT2D eigenvalue weighted by Crippen LogP contribution is 2.26. The number of thioether (sulfide) groups is 1. The minimum Gasteiger partial charge on any atom is -0.354 e. The molecule has 0 fully saturated rings. The standard InChI is InChI=1S/C23H27ClN4O3S/c1-15(2)16-7-11-19(12-8-16)25-20(29)14-32-23-27-26-22(17-5-9-18(24)10-6-17)28(23)13-21(30-3)31-4/h5-12,15,21H,13-14H2,1-4H3,(H,25,29). The highest BCUT2D eigenvalue weighted by atomic mass is 35.5. The van der Waals surface area contributed by atoms with E-state index < -0.39 is 6.29 Å². The number of benzene rings is 2. The van der Waals surface area contributed by atoms with Crippen LogP contribution in [0.1, 0.15) is 25.3 Å². The van der Waals surface area contributed by atoms with Crippen LogP contribution < -0.4 is 5.32 Å². The van der Waals surface area contributed by atoms with Gasteiger partial charge >= 0.3 is 0 Å². The van der Waals surface area contributed by atoms with Crippen molar-refractivity contribution in [3.8, 4) is 11.4 Å². The Morgan fingerprint density at radius 3 is 2.31 bits per heavy atom. The number of carbonyl (C=O) groups is 1. The lowest BCUT2D eigenvalue weighted by molar-refractivity contribution is -0.113. The van der Waals surface area contributed by atoms with Crippen LogP contribution in [0.2, 0.25) is 5.02 Å². The average molecular weight is 475 g/mol. The normalized spacial score (nSPS) is 11.3. The third kappa shape index (κ3) is 6.32. The summed E-state index contributed by atoms with van der Waals surface area (Å²) in [6, 6.07) is 15.2. The number of nitrogens with one attached hydrogen (secondary N) is 1. The summed E-state index contributed by atoms with van der Waals surface area (Å²) in [5, 5.41) is 12.8. The molecule has 170 valence electrons. The fraction of sp³-hybridized carbons (Fsp3) is 0.348. The third-order valence-electron chi connectivity index (χ3n) is 4.87. The summed E-state index contributed by atoms with van der Waals surface area (Å²) in [4.78, 5) is 12.5. The summed E-state index contributed by atoms with van der Waals surface area (Å²) in [5.41, 5.74) is 2.85. The van der Waals surface area contributed by atoms with Crippen LogP contribution in [0.5, 0.6) is 0 Å². The van der Waals surface area contributed by atoms with Gasteiger partial charge < -0.3 is 14.8 Å². The Kier molecular flexibility index (Phi) is 8.69. The van der Waals surface area contributed by atoms with Crippen LogP contribution in [-0.4, -0.2) is 46.9 Å². The molecule has 1 N–H and O–H groups in total. The first-order valence-corrected chi connectivity index (χ1v) is 11.5. The number of rotatable bonds is 10. The van der Waals surface area contributed by atoms with E-state index in [1.54, 1.807) is 26.4 Å². The van der Waals surface area contributed by atoms with Gasteiger partial charge in [0.2, 0.25) is 5.91 Å². The summed E-state index contributed by atoms with van der Waals surface area (Å²) in [7, 11) is 3.15. The first-order valence-electron chi connectivity index (χ1n) is 10.2. The van der Waals surface area contributed by atoms with Gasteiger partial charge in [0.1, 0.15) is 0 Å². The van der Waals surface area contributed by atoms with Crippen LogP contribution >= 0.6 is 23.4 Å². The Balaban J connectivity index is 1.73. The molecule has 1 amide bonds. The van der Waals surface area contributed by atoms with Gasteiger partial charge in [-0.3, -0.25) is 9.36 Å². The van der Waals surface area contributed by atoms with E-state index in [0.29, 0.717) is 28.5 Å². The molecule has 7 nitrogen and oxygen atoms in total. The number of methoxy groups -OCH3 is 2. The van der Waals surface area contributed by atoms with E-state index in [9.17, 15) is 4.79 Å². The first-order chi connectivity index (χ1) is 15.4. The molecule has 3 aromatic rings. The Hall–Kier alpha value is -2.39. The molecule has 0 atom stereocenters. The van der Waals surface area contributed by atoms with Crippen molar-refractivity contribution >= 4 is 35.0 Å². The second-order valence-corrected chi connectivity index (χ2v) is 8.82. The Morgan fingerprint density at radius 2 is 1.72 bits per heavy atom. The highest BCUT2D eigenvalue weighted by molar-refractivity contribution is 7.99. The van der Waals surface area contributed by atoms with E-state index >= 15 is 0 Å². The number of aromatic nitrogens is 3. The number of carbonyl (C=O) groups excluding carboxylic acids is 1. The molecule has 9 heteroatoms. The molecule has 2 aromatic carbocycles. The van der Waals surface area contributed by atoms with Gasteiger partial charge in [0.25, 0.3) is 0 Å². The van der Waals surface area contributed by atoms with Gasteiger partial charge in [0.05, 0.1) is 12.3 Å². The van der Waals surface area contributed by atoms with Crippen LogP contribution in [0.4, 0.5) is 5.69 Å². The number of hydrogen-bond donors (Lipinski definition) is 1. The minimum absolute atomic E-state index is 0.120. The molecule has 0 unspecified atom stereocenters. The van der Waals surface area contributed by atoms with Crippen LogP contribution in [0, 0.1) is 0 Å². The van der Waals surface area contributed by atoms with Crippen LogP contribution in [0.15, 0.2) is 53.7 Å². The van der Waals surface area contributed by atoms with Gasteiger partial charge in [0, 0.05) is 30.5 Å². The summed E-state index contributed by atoms with van der Waals surface area (Å²) in [5.74, 6) is 1.16. The molecule has 0 saturated heterocycles. The average Bonchev–Trinajstić information content (AvgIpc) is 3.19. The van der Waals surface area contributed by atoms with E-state index in [4.69, 9.17) is 21.1 Å². The number of anilines is 1. The maximum Gasteiger partial charge on any atom is 0.234 e. The maximum atomic E-state index is 12.5. The highest BCUT2D eigenvalue weighted by Gasteiger charge is 2.19. The zero-order valence-electron chi connectivity index (χ0n) is 18.5. The largest absolute Gasteiger partial charge is 0.354 e. The number of ether oxygens (including phenoxy) is 2. The summed E-state index contributed by atoms with van der Waals surface area (Å²) in [6.45, 7) is 4.64. The molecule has 0 aliphatic heterocycles. The lowest BCUT2D eigenvalue weighted by Gasteiger charge is -2.17. The molecule has 32 heavy (non-hydrogen) atoms.